The first-order valence-electron chi connectivity index (χ1n) is 16.0. The second-order valence-corrected chi connectivity index (χ2v) is 13.6. The van der Waals surface area contributed by atoms with Crippen molar-refractivity contribution in [3.05, 3.63) is 142 Å². The van der Waals surface area contributed by atoms with Gasteiger partial charge in [0.1, 0.15) is 22.3 Å². The Balaban J connectivity index is 0.000000157. The Morgan fingerprint density at radius 1 is 0.600 bits per heavy atom. The van der Waals surface area contributed by atoms with Crippen molar-refractivity contribution in [1.29, 1.82) is 0 Å². The zero-order chi connectivity index (χ0) is 35.2. The minimum Gasteiger partial charge on any atom is -0.497 e. The van der Waals surface area contributed by atoms with Gasteiger partial charge in [-0.15, -0.1) is 0 Å². The molecule has 50 heavy (non-hydrogen) atoms. The van der Waals surface area contributed by atoms with Crippen LogP contribution in [0.4, 0.5) is 11.4 Å². The minimum absolute atomic E-state index is 0.00802. The van der Waals surface area contributed by atoms with Gasteiger partial charge in [0.25, 0.3) is 0 Å². The molecule has 4 aliphatic rings. The predicted octanol–water partition coefficient (Wildman–Crippen LogP) is 7.70. The van der Waals surface area contributed by atoms with Crippen LogP contribution in [-0.4, -0.2) is 37.6 Å². The third kappa shape index (κ3) is 5.49. The topological polar surface area (TPSA) is 111 Å². The van der Waals surface area contributed by atoms with Gasteiger partial charge in [0.05, 0.1) is 14.2 Å². The molecule has 2 spiro atoms. The Labute approximate surface area is 299 Å². The van der Waals surface area contributed by atoms with Crippen LogP contribution in [0.2, 0.25) is 10.0 Å². The highest BCUT2D eigenvalue weighted by molar-refractivity contribution is 6.31. The Morgan fingerprint density at radius 3 is 1.42 bits per heavy atom. The van der Waals surface area contributed by atoms with Gasteiger partial charge >= 0.3 is 0 Å². The van der Waals surface area contributed by atoms with Crippen molar-refractivity contribution < 1.29 is 28.7 Å². The average molecular weight is 708 g/mol. The third-order valence-corrected chi connectivity index (χ3v) is 10.5. The largest absolute Gasteiger partial charge is 0.497 e. The van der Waals surface area contributed by atoms with Gasteiger partial charge in [-0.05, 0) is 82.9 Å². The quantitative estimate of drug-likeness (QED) is 0.225. The molecule has 4 aromatic carbocycles. The molecular formula is C40H32Cl2N2O6. The normalized spacial score (nSPS) is 24.3. The average Bonchev–Trinajstić information content (AvgIpc) is 3.55. The molecule has 0 radical (unpaired) electrons. The van der Waals surface area contributed by atoms with Crippen molar-refractivity contribution in [3.8, 4) is 11.5 Å². The number of rotatable bonds is 4. The number of carbonyl (C=O) groups excluding carboxylic acids is 4. The van der Waals surface area contributed by atoms with Crippen LogP contribution in [0.3, 0.4) is 0 Å². The van der Waals surface area contributed by atoms with E-state index in [-0.39, 0.29) is 48.1 Å². The lowest BCUT2D eigenvalue weighted by Gasteiger charge is -2.36. The molecule has 8 nitrogen and oxygen atoms in total. The van der Waals surface area contributed by atoms with Crippen LogP contribution in [0.25, 0.3) is 0 Å². The lowest BCUT2D eigenvalue weighted by molar-refractivity contribution is -0.123. The fourth-order valence-corrected chi connectivity index (χ4v) is 8.04. The number of methoxy groups -OCH3 is 2. The van der Waals surface area contributed by atoms with Gasteiger partial charge < -0.3 is 20.1 Å². The van der Waals surface area contributed by atoms with E-state index >= 15 is 0 Å². The zero-order valence-corrected chi connectivity index (χ0v) is 28.7. The summed E-state index contributed by atoms with van der Waals surface area (Å²) in [6, 6.07) is 25.9. The van der Waals surface area contributed by atoms with Crippen LogP contribution in [-0.2, 0) is 30.0 Å². The minimum atomic E-state index is -0.916. The van der Waals surface area contributed by atoms with E-state index < -0.39 is 10.8 Å². The van der Waals surface area contributed by atoms with E-state index in [0.717, 1.165) is 22.3 Å². The molecule has 8 rings (SSSR count). The number of anilines is 2. The maximum Gasteiger partial charge on any atom is 0.239 e. The number of amides is 2. The van der Waals surface area contributed by atoms with Crippen LogP contribution < -0.4 is 20.1 Å². The predicted molar refractivity (Wildman–Crippen MR) is 193 cm³/mol. The van der Waals surface area contributed by atoms with Crippen molar-refractivity contribution in [2.45, 2.75) is 35.5 Å². The van der Waals surface area contributed by atoms with Gasteiger partial charge in [-0.25, -0.2) is 0 Å². The lowest BCUT2D eigenvalue weighted by atomic mass is 9.64. The number of benzene rings is 4. The molecule has 2 N–H and O–H groups in total. The summed E-state index contributed by atoms with van der Waals surface area (Å²) < 4.78 is 10.6. The summed E-state index contributed by atoms with van der Waals surface area (Å²) in [5, 5.41) is 6.97. The van der Waals surface area contributed by atoms with Crippen LogP contribution in [0.1, 0.15) is 46.9 Å². The Hall–Kier alpha value is -5.18. The number of halogens is 2. The number of carbonyl (C=O) groups is 4. The van der Waals surface area contributed by atoms with Crippen molar-refractivity contribution >= 4 is 58.0 Å². The molecule has 0 fully saturated rings. The molecule has 2 aliphatic heterocycles. The molecule has 0 bridgehead atoms. The molecule has 4 aromatic rings. The summed E-state index contributed by atoms with van der Waals surface area (Å²) in [6.45, 7) is 0. The van der Waals surface area contributed by atoms with Crippen molar-refractivity contribution in [1.82, 2.24) is 0 Å². The highest BCUT2D eigenvalue weighted by Gasteiger charge is 2.54. The fraction of sp³-hybridized carbons (Fsp3) is 0.200. The third-order valence-electron chi connectivity index (χ3n) is 10.1. The molecule has 0 saturated heterocycles. The molecule has 10 heteroatoms. The van der Waals surface area contributed by atoms with Gasteiger partial charge in [0, 0.05) is 46.1 Å². The number of hydrogen-bond donors (Lipinski definition) is 2. The van der Waals surface area contributed by atoms with Crippen LogP contribution in [0.15, 0.2) is 109 Å². The second kappa shape index (κ2) is 12.9. The lowest BCUT2D eigenvalue weighted by Crippen LogP contribution is -2.41. The molecule has 0 unspecified atom stereocenters. The van der Waals surface area contributed by atoms with Gasteiger partial charge in [0.2, 0.25) is 11.8 Å². The van der Waals surface area contributed by atoms with Gasteiger partial charge in [-0.1, -0.05) is 71.8 Å². The Bertz CT molecular complexity index is 1990. The molecule has 2 heterocycles. The SMILES string of the molecule is COc1cccc([C@@H]2CC(=O)C=C[C@@]23C(=O)Nc2cc(Cl)ccc23)c1.COc1cccc([C@H]2CC(=O)C=C[C@@]23C(=O)Nc2cc(Cl)ccc23)c1. The molecular weight excluding hydrogens is 675 g/mol. The van der Waals surface area contributed by atoms with Gasteiger partial charge in [-0.2, -0.15) is 0 Å². The van der Waals surface area contributed by atoms with Crippen molar-refractivity contribution in [2.24, 2.45) is 0 Å². The van der Waals surface area contributed by atoms with Crippen molar-refractivity contribution in [3.63, 3.8) is 0 Å². The number of allylic oxidation sites excluding steroid dienone is 2. The Morgan fingerprint density at radius 2 is 1.02 bits per heavy atom. The monoisotopic (exact) mass is 706 g/mol. The summed E-state index contributed by atoms with van der Waals surface area (Å²) in [7, 11) is 3.20. The summed E-state index contributed by atoms with van der Waals surface area (Å²) in [5.41, 5.74) is 3.05. The van der Waals surface area contributed by atoms with Gasteiger partial charge in [-0.3, -0.25) is 19.2 Å². The molecule has 2 aliphatic carbocycles. The molecule has 252 valence electrons. The maximum atomic E-state index is 13.0. The highest BCUT2D eigenvalue weighted by atomic mass is 35.5. The van der Waals surface area contributed by atoms with Gasteiger partial charge in [0.15, 0.2) is 11.6 Å². The fourth-order valence-electron chi connectivity index (χ4n) is 7.70. The van der Waals surface area contributed by atoms with Crippen molar-refractivity contribution in [2.75, 3.05) is 24.9 Å². The maximum absolute atomic E-state index is 13.0. The number of fused-ring (bicyclic) bond motifs is 4. The van der Waals surface area contributed by atoms with E-state index in [1.807, 2.05) is 60.7 Å². The van der Waals surface area contributed by atoms with E-state index in [1.165, 1.54) is 12.2 Å². The first kappa shape index (κ1) is 33.3. The smallest absolute Gasteiger partial charge is 0.239 e. The highest BCUT2D eigenvalue weighted by Crippen LogP contribution is 2.53. The molecule has 0 aromatic heterocycles. The molecule has 2 amide bonds. The number of hydrogen-bond acceptors (Lipinski definition) is 6. The second-order valence-electron chi connectivity index (χ2n) is 12.7. The summed E-state index contributed by atoms with van der Waals surface area (Å²) in [6.07, 6.45) is 7.02. The zero-order valence-electron chi connectivity index (χ0n) is 27.2. The molecule has 0 saturated carbocycles. The number of ether oxygens (including phenoxy) is 2. The van der Waals surface area contributed by atoms with Crippen LogP contribution in [0, 0.1) is 0 Å². The summed E-state index contributed by atoms with van der Waals surface area (Å²) >= 11 is 12.1. The van der Waals surface area contributed by atoms with Crippen LogP contribution in [0.5, 0.6) is 11.5 Å². The first-order chi connectivity index (χ1) is 24.1. The Kier molecular flexibility index (Phi) is 8.62. The number of nitrogens with one attached hydrogen (secondary N) is 2. The van der Waals surface area contributed by atoms with E-state index in [9.17, 15) is 19.2 Å². The number of ketones is 2. The van der Waals surface area contributed by atoms with E-state index in [2.05, 4.69) is 10.6 Å². The summed E-state index contributed by atoms with van der Waals surface area (Å²) in [4.78, 5) is 50.3. The summed E-state index contributed by atoms with van der Waals surface area (Å²) in [5.74, 6) is 0.531. The van der Waals surface area contributed by atoms with E-state index in [0.29, 0.717) is 32.9 Å². The van der Waals surface area contributed by atoms with Crippen LogP contribution >= 0.6 is 23.2 Å². The van der Waals surface area contributed by atoms with E-state index in [4.69, 9.17) is 32.7 Å². The standard InChI is InChI=1S/2C20H16ClNO3/c2*1-25-15-4-2-3-12(9-15)17-11-14(23)7-8-20(17)16-6-5-13(21)10-18(16)22-19(20)24/h2*2-10,17H,11H2,1H3,(H,22,24)/t17-,20+;17-,20-/m10/s1. The van der Waals surface area contributed by atoms with E-state index in [1.54, 1.807) is 50.6 Å². The molecule has 4 atom stereocenters. The first-order valence-corrected chi connectivity index (χ1v) is 16.8.